The Balaban J connectivity index is 2.67. The Kier molecular flexibility index (Phi) is 5.05. The quantitative estimate of drug-likeness (QED) is 0.449. The molecular formula is C10H19N5O3. The lowest BCUT2D eigenvalue weighted by molar-refractivity contribution is -0.130. The van der Waals surface area contributed by atoms with E-state index in [0.717, 1.165) is 0 Å². The summed E-state index contributed by atoms with van der Waals surface area (Å²) in [5.74, 6) is -0.940. The summed E-state index contributed by atoms with van der Waals surface area (Å²) < 4.78 is 0. The number of carbonyl (C=O) groups is 3. The van der Waals surface area contributed by atoms with Gasteiger partial charge in [-0.25, -0.2) is 4.79 Å². The van der Waals surface area contributed by atoms with Crippen LogP contribution in [0.4, 0.5) is 4.79 Å². The molecule has 0 aromatic carbocycles. The monoisotopic (exact) mass is 257 g/mol. The average Bonchev–Trinajstić information content (AvgIpc) is 2.37. The number of nitrogens with two attached hydrogens (primary N) is 1. The lowest BCUT2D eigenvalue weighted by Crippen LogP contribution is -2.62. The van der Waals surface area contributed by atoms with Crippen LogP contribution in [0.5, 0.6) is 0 Å². The fourth-order valence-corrected chi connectivity index (χ4v) is 1.88. The van der Waals surface area contributed by atoms with E-state index in [9.17, 15) is 14.4 Å². The van der Waals surface area contributed by atoms with Gasteiger partial charge in [-0.3, -0.25) is 19.8 Å². The normalized spacial score (nSPS) is 22.0. The predicted octanol–water partition coefficient (Wildman–Crippen LogP) is -2.41. The number of imide groups is 1. The Hall–Kier alpha value is -1.67. The molecule has 1 fully saturated rings. The molecule has 2 atom stereocenters. The number of nitrogens with zero attached hydrogens (tertiary/aromatic N) is 1. The number of primary amides is 1. The van der Waals surface area contributed by atoms with Crippen LogP contribution in [0.2, 0.25) is 0 Å². The molecule has 102 valence electrons. The standard InChI is InChI=1S/C10H19N5O3/c1-6(9(17)14-10(18)12-2)15-4-3-13-5-7(15)8(11)16/h6-7,13H,3-5H2,1-2H3,(H2,11,16)(H2,12,14,17,18). The van der Waals surface area contributed by atoms with Gasteiger partial charge in [0.25, 0.3) is 0 Å². The van der Waals surface area contributed by atoms with E-state index in [-0.39, 0.29) is 0 Å². The molecule has 2 unspecified atom stereocenters. The molecule has 1 saturated heterocycles. The molecule has 0 aromatic rings. The summed E-state index contributed by atoms with van der Waals surface area (Å²) in [6, 6.07) is -1.70. The van der Waals surface area contributed by atoms with E-state index >= 15 is 0 Å². The number of amides is 4. The minimum atomic E-state index is -0.595. The number of piperazine rings is 1. The molecule has 0 aromatic heterocycles. The van der Waals surface area contributed by atoms with Crippen molar-refractivity contribution in [2.45, 2.75) is 19.0 Å². The van der Waals surface area contributed by atoms with Crippen molar-refractivity contribution in [1.29, 1.82) is 0 Å². The molecular weight excluding hydrogens is 238 g/mol. The van der Waals surface area contributed by atoms with Gasteiger partial charge >= 0.3 is 6.03 Å². The molecule has 1 aliphatic heterocycles. The largest absolute Gasteiger partial charge is 0.368 e. The van der Waals surface area contributed by atoms with Crippen molar-refractivity contribution >= 4 is 17.8 Å². The Labute approximate surface area is 105 Å². The highest BCUT2D eigenvalue weighted by Gasteiger charge is 2.33. The third-order valence-corrected chi connectivity index (χ3v) is 2.95. The van der Waals surface area contributed by atoms with Crippen molar-refractivity contribution in [3.05, 3.63) is 0 Å². The van der Waals surface area contributed by atoms with Gasteiger partial charge in [0.15, 0.2) is 0 Å². The minimum absolute atomic E-state index is 0.410. The molecule has 0 spiro atoms. The Morgan fingerprint density at radius 3 is 2.67 bits per heavy atom. The van der Waals surface area contributed by atoms with Crippen molar-refractivity contribution in [1.82, 2.24) is 20.9 Å². The molecule has 0 radical (unpaired) electrons. The minimum Gasteiger partial charge on any atom is -0.368 e. The summed E-state index contributed by atoms with van der Waals surface area (Å²) in [4.78, 5) is 35.8. The van der Waals surface area contributed by atoms with Crippen molar-refractivity contribution in [3.8, 4) is 0 Å². The van der Waals surface area contributed by atoms with Crippen LogP contribution in [-0.2, 0) is 9.59 Å². The van der Waals surface area contributed by atoms with Gasteiger partial charge in [-0.05, 0) is 6.92 Å². The zero-order valence-corrected chi connectivity index (χ0v) is 10.5. The first-order valence-electron chi connectivity index (χ1n) is 5.75. The maximum atomic E-state index is 11.8. The molecule has 8 heteroatoms. The van der Waals surface area contributed by atoms with Gasteiger partial charge in [-0.1, -0.05) is 0 Å². The van der Waals surface area contributed by atoms with Crippen LogP contribution in [0.15, 0.2) is 0 Å². The van der Waals surface area contributed by atoms with E-state index in [1.807, 2.05) is 0 Å². The first kappa shape index (κ1) is 14.4. The summed E-state index contributed by atoms with van der Waals surface area (Å²) in [6.07, 6.45) is 0. The van der Waals surface area contributed by atoms with Crippen molar-refractivity contribution in [3.63, 3.8) is 0 Å². The highest BCUT2D eigenvalue weighted by Crippen LogP contribution is 2.08. The first-order valence-corrected chi connectivity index (χ1v) is 5.75. The Bertz CT molecular complexity index is 346. The summed E-state index contributed by atoms with van der Waals surface area (Å²) in [5.41, 5.74) is 5.29. The SMILES string of the molecule is CNC(=O)NC(=O)C(C)N1CCNCC1C(N)=O. The molecule has 8 nitrogen and oxygen atoms in total. The van der Waals surface area contributed by atoms with E-state index < -0.39 is 29.9 Å². The molecule has 0 saturated carbocycles. The fourth-order valence-electron chi connectivity index (χ4n) is 1.88. The van der Waals surface area contributed by atoms with Crippen molar-refractivity contribution < 1.29 is 14.4 Å². The molecule has 0 bridgehead atoms. The van der Waals surface area contributed by atoms with Gasteiger partial charge in [0, 0.05) is 26.7 Å². The van der Waals surface area contributed by atoms with E-state index in [2.05, 4.69) is 16.0 Å². The lowest BCUT2D eigenvalue weighted by atomic mass is 10.1. The zero-order valence-electron chi connectivity index (χ0n) is 10.5. The Morgan fingerprint density at radius 1 is 1.44 bits per heavy atom. The topological polar surface area (TPSA) is 117 Å². The smallest absolute Gasteiger partial charge is 0.321 e. The van der Waals surface area contributed by atoms with Gasteiger partial charge < -0.3 is 16.4 Å². The van der Waals surface area contributed by atoms with E-state index in [1.165, 1.54) is 7.05 Å². The van der Waals surface area contributed by atoms with Gasteiger partial charge in [0.2, 0.25) is 11.8 Å². The molecule has 4 amide bonds. The summed E-state index contributed by atoms with van der Waals surface area (Å²) in [5, 5.41) is 7.52. The highest BCUT2D eigenvalue weighted by molar-refractivity contribution is 5.97. The van der Waals surface area contributed by atoms with E-state index in [0.29, 0.717) is 19.6 Å². The second-order valence-electron chi connectivity index (χ2n) is 4.10. The zero-order chi connectivity index (χ0) is 13.7. The molecule has 5 N–H and O–H groups in total. The van der Waals surface area contributed by atoms with Crippen LogP contribution in [0.25, 0.3) is 0 Å². The maximum absolute atomic E-state index is 11.8. The number of carbonyl (C=O) groups excluding carboxylic acids is 3. The van der Waals surface area contributed by atoms with E-state index in [1.54, 1.807) is 11.8 Å². The number of nitrogens with one attached hydrogen (secondary N) is 3. The number of urea groups is 1. The second-order valence-corrected chi connectivity index (χ2v) is 4.10. The molecule has 1 heterocycles. The summed E-state index contributed by atoms with van der Waals surface area (Å²) in [6.45, 7) is 3.24. The first-order chi connectivity index (χ1) is 8.47. The maximum Gasteiger partial charge on any atom is 0.321 e. The predicted molar refractivity (Wildman–Crippen MR) is 64.6 cm³/mol. The third kappa shape index (κ3) is 3.41. The number of hydrogen-bond donors (Lipinski definition) is 4. The molecule has 1 aliphatic rings. The lowest BCUT2D eigenvalue weighted by Gasteiger charge is -2.37. The van der Waals surface area contributed by atoms with Crippen LogP contribution >= 0.6 is 0 Å². The summed E-state index contributed by atoms with van der Waals surface area (Å²) in [7, 11) is 1.42. The average molecular weight is 257 g/mol. The van der Waals surface area contributed by atoms with E-state index in [4.69, 9.17) is 5.73 Å². The Morgan fingerprint density at radius 2 is 2.11 bits per heavy atom. The highest BCUT2D eigenvalue weighted by atomic mass is 16.2. The van der Waals surface area contributed by atoms with Crippen molar-refractivity contribution in [2.75, 3.05) is 26.7 Å². The number of rotatable bonds is 3. The van der Waals surface area contributed by atoms with Gasteiger partial charge in [-0.2, -0.15) is 0 Å². The fraction of sp³-hybridized carbons (Fsp3) is 0.700. The van der Waals surface area contributed by atoms with Crippen LogP contribution in [0.3, 0.4) is 0 Å². The van der Waals surface area contributed by atoms with Gasteiger partial charge in [-0.15, -0.1) is 0 Å². The van der Waals surface area contributed by atoms with Crippen molar-refractivity contribution in [2.24, 2.45) is 5.73 Å². The van der Waals surface area contributed by atoms with Gasteiger partial charge in [0.1, 0.15) is 6.04 Å². The van der Waals surface area contributed by atoms with Crippen LogP contribution in [-0.4, -0.2) is 61.5 Å². The third-order valence-electron chi connectivity index (χ3n) is 2.95. The number of hydrogen-bond acceptors (Lipinski definition) is 5. The van der Waals surface area contributed by atoms with Gasteiger partial charge in [0.05, 0.1) is 6.04 Å². The second kappa shape index (κ2) is 6.31. The van der Waals surface area contributed by atoms with Crippen LogP contribution in [0, 0.1) is 0 Å². The van der Waals surface area contributed by atoms with Crippen LogP contribution < -0.4 is 21.7 Å². The summed E-state index contributed by atoms with van der Waals surface area (Å²) >= 11 is 0. The molecule has 0 aliphatic carbocycles. The van der Waals surface area contributed by atoms with Crippen LogP contribution in [0.1, 0.15) is 6.92 Å². The molecule has 18 heavy (non-hydrogen) atoms. The molecule has 1 rings (SSSR count).